The maximum Gasteiger partial charge on any atom is 0.375 e. The summed E-state index contributed by atoms with van der Waals surface area (Å²) in [6, 6.07) is 15.9. The molecule has 3 aromatic rings. The zero-order valence-electron chi connectivity index (χ0n) is 14.3. The summed E-state index contributed by atoms with van der Waals surface area (Å²) in [7, 11) is 0. The zero-order valence-corrected chi connectivity index (χ0v) is 14.3. The molecule has 134 valence electrons. The molecule has 0 aliphatic rings. The first-order valence-corrected chi connectivity index (χ1v) is 8.25. The number of hydrogen-bond acceptors (Lipinski definition) is 5. The highest BCUT2D eigenvalue weighted by molar-refractivity contribution is 5.97. The summed E-state index contributed by atoms with van der Waals surface area (Å²) in [6.45, 7) is 2.55. The molecule has 0 saturated heterocycles. The van der Waals surface area contributed by atoms with Gasteiger partial charge in [0, 0.05) is 23.1 Å². The Morgan fingerprint density at radius 3 is 2.46 bits per heavy atom. The number of ether oxygens (including phenoxy) is 2. The van der Waals surface area contributed by atoms with Crippen molar-refractivity contribution in [2.45, 2.75) is 19.6 Å². The van der Waals surface area contributed by atoms with Gasteiger partial charge in [-0.05, 0) is 13.0 Å². The molecule has 0 radical (unpaired) electrons. The lowest BCUT2D eigenvalue weighted by Crippen LogP contribution is -2.26. The molecule has 0 bridgehead atoms. The van der Waals surface area contributed by atoms with Crippen LogP contribution in [-0.4, -0.2) is 18.5 Å². The molecule has 0 aliphatic heterocycles. The van der Waals surface area contributed by atoms with E-state index in [1.807, 2.05) is 25.1 Å². The minimum Gasteiger partial charge on any atom is -0.449 e. The highest BCUT2D eigenvalue weighted by atomic mass is 16.6. The maximum absolute atomic E-state index is 12.7. The van der Waals surface area contributed by atoms with Crippen LogP contribution >= 0.6 is 0 Å². The Morgan fingerprint density at radius 1 is 1.08 bits per heavy atom. The molecule has 1 amide bonds. The molecule has 0 saturated carbocycles. The average Bonchev–Trinajstić information content (AvgIpc) is 3.03. The third-order valence-electron chi connectivity index (χ3n) is 3.92. The van der Waals surface area contributed by atoms with E-state index in [2.05, 4.69) is 0 Å². The van der Waals surface area contributed by atoms with Crippen molar-refractivity contribution >= 4 is 22.8 Å². The molecule has 3 rings (SSSR count). The maximum atomic E-state index is 12.7. The molecular formula is C20H19NO5. The van der Waals surface area contributed by atoms with Crippen molar-refractivity contribution < 1.29 is 23.5 Å². The van der Waals surface area contributed by atoms with Crippen LogP contribution in [0.15, 0.2) is 59.0 Å². The molecule has 2 N–H and O–H groups in total. The summed E-state index contributed by atoms with van der Waals surface area (Å²) in [5.74, 6) is -1.50. The SMILES string of the molecule is CCOCc1c(C(=O)OC(C(N)=O)c2ccccc2)oc2ccccc12. The van der Waals surface area contributed by atoms with E-state index in [4.69, 9.17) is 19.6 Å². The molecule has 6 heteroatoms. The normalized spacial score (nSPS) is 12.0. The van der Waals surface area contributed by atoms with Crippen LogP contribution in [0.5, 0.6) is 0 Å². The smallest absolute Gasteiger partial charge is 0.375 e. The van der Waals surface area contributed by atoms with E-state index < -0.39 is 18.0 Å². The molecule has 2 aromatic carbocycles. The van der Waals surface area contributed by atoms with Crippen LogP contribution in [0.2, 0.25) is 0 Å². The summed E-state index contributed by atoms with van der Waals surface area (Å²) in [4.78, 5) is 24.5. The number of fused-ring (bicyclic) bond motifs is 1. The Bertz CT molecular complexity index is 916. The fourth-order valence-corrected chi connectivity index (χ4v) is 2.69. The summed E-state index contributed by atoms with van der Waals surface area (Å²) in [6.07, 6.45) is -1.20. The Kier molecular flexibility index (Phi) is 5.34. The Labute approximate surface area is 150 Å². The highest BCUT2D eigenvalue weighted by Crippen LogP contribution is 2.29. The van der Waals surface area contributed by atoms with Crippen molar-refractivity contribution in [2.75, 3.05) is 6.61 Å². The largest absolute Gasteiger partial charge is 0.449 e. The number of para-hydroxylation sites is 1. The van der Waals surface area contributed by atoms with Gasteiger partial charge in [-0.2, -0.15) is 0 Å². The molecule has 1 atom stereocenters. The third-order valence-corrected chi connectivity index (χ3v) is 3.92. The first kappa shape index (κ1) is 17.7. The van der Waals surface area contributed by atoms with Gasteiger partial charge >= 0.3 is 5.97 Å². The third kappa shape index (κ3) is 3.60. The Hall–Kier alpha value is -3.12. The van der Waals surface area contributed by atoms with Crippen molar-refractivity contribution in [1.29, 1.82) is 0 Å². The van der Waals surface area contributed by atoms with Gasteiger partial charge in [0.25, 0.3) is 5.91 Å². The van der Waals surface area contributed by atoms with Crippen LogP contribution in [-0.2, 0) is 20.9 Å². The molecule has 6 nitrogen and oxygen atoms in total. The van der Waals surface area contributed by atoms with E-state index in [-0.39, 0.29) is 12.4 Å². The average molecular weight is 353 g/mol. The van der Waals surface area contributed by atoms with Gasteiger partial charge < -0.3 is 19.6 Å². The standard InChI is InChI=1S/C20H19NO5/c1-2-24-12-15-14-10-6-7-11-16(14)25-18(15)20(23)26-17(19(21)22)13-8-4-3-5-9-13/h3-11,17H,2,12H2,1H3,(H2,21,22). The fraction of sp³-hybridized carbons (Fsp3) is 0.200. The second-order valence-corrected chi connectivity index (χ2v) is 5.64. The summed E-state index contributed by atoms with van der Waals surface area (Å²) < 4.78 is 16.5. The molecule has 0 fully saturated rings. The van der Waals surface area contributed by atoms with Crippen molar-refractivity contribution in [3.05, 3.63) is 71.5 Å². The van der Waals surface area contributed by atoms with Crippen LogP contribution in [0, 0.1) is 0 Å². The van der Waals surface area contributed by atoms with Gasteiger partial charge in [-0.3, -0.25) is 4.79 Å². The van der Waals surface area contributed by atoms with Gasteiger partial charge in [0.1, 0.15) is 5.58 Å². The first-order valence-electron chi connectivity index (χ1n) is 8.25. The van der Waals surface area contributed by atoms with Crippen molar-refractivity contribution in [2.24, 2.45) is 5.73 Å². The van der Waals surface area contributed by atoms with E-state index in [0.717, 1.165) is 5.39 Å². The van der Waals surface area contributed by atoms with Gasteiger partial charge in [-0.15, -0.1) is 0 Å². The number of nitrogens with two attached hydrogens (primary N) is 1. The van der Waals surface area contributed by atoms with E-state index in [9.17, 15) is 9.59 Å². The molecule has 1 heterocycles. The number of carbonyl (C=O) groups excluding carboxylic acids is 2. The topological polar surface area (TPSA) is 91.8 Å². The minimum absolute atomic E-state index is 0.0156. The van der Waals surface area contributed by atoms with Crippen molar-refractivity contribution in [3.8, 4) is 0 Å². The van der Waals surface area contributed by atoms with Crippen molar-refractivity contribution in [3.63, 3.8) is 0 Å². The first-order chi connectivity index (χ1) is 12.6. The van der Waals surface area contributed by atoms with Crippen LogP contribution in [0.4, 0.5) is 0 Å². The van der Waals surface area contributed by atoms with E-state index in [1.165, 1.54) is 0 Å². The highest BCUT2D eigenvalue weighted by Gasteiger charge is 2.28. The molecular weight excluding hydrogens is 334 g/mol. The Morgan fingerprint density at radius 2 is 1.77 bits per heavy atom. The monoisotopic (exact) mass is 353 g/mol. The lowest BCUT2D eigenvalue weighted by atomic mass is 10.1. The van der Waals surface area contributed by atoms with Crippen LogP contribution in [0.1, 0.15) is 34.7 Å². The molecule has 0 spiro atoms. The summed E-state index contributed by atoms with van der Waals surface area (Å²) >= 11 is 0. The predicted molar refractivity (Wildman–Crippen MR) is 95.3 cm³/mol. The number of hydrogen-bond donors (Lipinski definition) is 1. The van der Waals surface area contributed by atoms with E-state index in [0.29, 0.717) is 23.3 Å². The fourth-order valence-electron chi connectivity index (χ4n) is 2.69. The lowest BCUT2D eigenvalue weighted by molar-refractivity contribution is -0.127. The van der Waals surface area contributed by atoms with Crippen LogP contribution < -0.4 is 5.73 Å². The van der Waals surface area contributed by atoms with Gasteiger partial charge in [0.05, 0.1) is 6.61 Å². The molecule has 0 aliphatic carbocycles. The summed E-state index contributed by atoms with van der Waals surface area (Å²) in [5.41, 5.74) is 7.05. The predicted octanol–water partition coefficient (Wildman–Crippen LogP) is 3.35. The minimum atomic E-state index is -1.20. The quantitative estimate of drug-likeness (QED) is 0.658. The van der Waals surface area contributed by atoms with Gasteiger partial charge in [-0.1, -0.05) is 48.5 Å². The number of furan rings is 1. The van der Waals surface area contributed by atoms with E-state index >= 15 is 0 Å². The second-order valence-electron chi connectivity index (χ2n) is 5.64. The van der Waals surface area contributed by atoms with Gasteiger partial charge in [0.2, 0.25) is 11.9 Å². The molecule has 1 unspecified atom stereocenters. The summed E-state index contributed by atoms with van der Waals surface area (Å²) in [5, 5.41) is 0.767. The van der Waals surface area contributed by atoms with E-state index in [1.54, 1.807) is 36.4 Å². The zero-order chi connectivity index (χ0) is 18.5. The van der Waals surface area contributed by atoms with Crippen molar-refractivity contribution in [1.82, 2.24) is 0 Å². The Balaban J connectivity index is 1.94. The molecule has 1 aromatic heterocycles. The van der Waals surface area contributed by atoms with Gasteiger partial charge in [0.15, 0.2) is 0 Å². The lowest BCUT2D eigenvalue weighted by Gasteiger charge is -2.14. The molecule has 26 heavy (non-hydrogen) atoms. The van der Waals surface area contributed by atoms with Crippen LogP contribution in [0.25, 0.3) is 11.0 Å². The number of carbonyl (C=O) groups is 2. The number of esters is 1. The van der Waals surface area contributed by atoms with Crippen LogP contribution in [0.3, 0.4) is 0 Å². The second kappa shape index (κ2) is 7.84. The number of primary amides is 1. The number of amides is 1. The number of benzene rings is 2. The number of rotatable bonds is 7. The van der Waals surface area contributed by atoms with Gasteiger partial charge in [-0.25, -0.2) is 4.79 Å².